The van der Waals surface area contributed by atoms with Gasteiger partial charge in [0.2, 0.25) is 0 Å². The molecule has 1 unspecified atom stereocenters. The van der Waals surface area contributed by atoms with Crippen molar-refractivity contribution in [1.29, 1.82) is 0 Å². The molecule has 0 bridgehead atoms. The molecular weight excluding hydrogens is 354 g/mol. The number of halogens is 1. The predicted octanol–water partition coefficient (Wildman–Crippen LogP) is 2.37. The van der Waals surface area contributed by atoms with Gasteiger partial charge in [0.25, 0.3) is 11.8 Å². The summed E-state index contributed by atoms with van der Waals surface area (Å²) in [7, 11) is 1.61. The van der Waals surface area contributed by atoms with E-state index in [1.807, 2.05) is 23.6 Å². The second kappa shape index (κ2) is 6.17. The quantitative estimate of drug-likeness (QED) is 0.751. The lowest BCUT2D eigenvalue weighted by Gasteiger charge is -2.35. The van der Waals surface area contributed by atoms with Crippen molar-refractivity contribution in [2.24, 2.45) is 0 Å². The third-order valence-electron chi connectivity index (χ3n) is 4.84. The van der Waals surface area contributed by atoms with Crippen LogP contribution in [0.25, 0.3) is 5.52 Å². The summed E-state index contributed by atoms with van der Waals surface area (Å²) < 4.78 is 3.58. The molecule has 0 radical (unpaired) electrons. The molecule has 3 aromatic rings. The van der Waals surface area contributed by atoms with Crippen LogP contribution in [-0.2, 0) is 6.54 Å². The summed E-state index contributed by atoms with van der Waals surface area (Å²) in [6.07, 6.45) is 1.67. The van der Waals surface area contributed by atoms with Crippen LogP contribution in [0.5, 0.6) is 0 Å². The number of aromatic nitrogens is 3. The van der Waals surface area contributed by atoms with Crippen molar-refractivity contribution in [3.63, 3.8) is 0 Å². The zero-order valence-electron chi connectivity index (χ0n) is 14.4. The third-order valence-corrected chi connectivity index (χ3v) is 5.06. The Hall–Kier alpha value is -2.80. The minimum atomic E-state index is -0.150. The van der Waals surface area contributed by atoms with Crippen molar-refractivity contribution in [2.75, 3.05) is 13.6 Å². The second-order valence-corrected chi connectivity index (χ2v) is 6.73. The molecule has 2 amide bonds. The molecule has 1 aliphatic heterocycles. The van der Waals surface area contributed by atoms with Gasteiger partial charge in [-0.3, -0.25) is 9.59 Å². The van der Waals surface area contributed by atoms with Crippen molar-refractivity contribution in [2.45, 2.75) is 19.5 Å². The molecule has 0 saturated carbocycles. The number of carbonyl (C=O) groups excluding carboxylic acids is 2. The van der Waals surface area contributed by atoms with E-state index in [0.717, 1.165) is 11.2 Å². The Morgan fingerprint density at radius 1 is 1.23 bits per heavy atom. The Labute approximate surface area is 155 Å². The molecular formula is C18H18ClN5O2. The fourth-order valence-corrected chi connectivity index (χ4v) is 3.63. The molecule has 4 heterocycles. The van der Waals surface area contributed by atoms with Crippen LogP contribution < -0.4 is 5.32 Å². The fraction of sp³-hybridized carbons (Fsp3) is 0.278. The molecule has 3 aromatic heterocycles. The number of hydrogen-bond acceptors (Lipinski definition) is 3. The number of nitrogens with one attached hydrogen (secondary N) is 1. The van der Waals surface area contributed by atoms with Crippen molar-refractivity contribution in [3.05, 3.63) is 58.6 Å². The molecule has 1 N–H and O–H groups in total. The predicted molar refractivity (Wildman–Crippen MR) is 97.5 cm³/mol. The zero-order valence-corrected chi connectivity index (χ0v) is 15.2. The monoisotopic (exact) mass is 371 g/mol. The van der Waals surface area contributed by atoms with Gasteiger partial charge in [0.05, 0.1) is 16.6 Å². The lowest BCUT2D eigenvalue weighted by Crippen LogP contribution is -2.42. The SMILES string of the molecule is CNC(=O)c1ccc2n1CCN(C(=O)c1cc3ccc(Cl)cn3n1)C2C. The van der Waals surface area contributed by atoms with Gasteiger partial charge in [0.1, 0.15) is 5.69 Å². The highest BCUT2D eigenvalue weighted by Crippen LogP contribution is 2.29. The van der Waals surface area contributed by atoms with Crippen LogP contribution in [0.1, 0.15) is 39.6 Å². The average molecular weight is 372 g/mol. The molecule has 134 valence electrons. The standard InChI is InChI=1S/C18H18ClN5O2/c1-11-15-5-6-16(17(25)20-2)23(15)8-7-22(11)18(26)14-9-13-4-3-12(19)10-24(13)21-14/h3-6,9-11H,7-8H2,1-2H3,(H,20,25). The smallest absolute Gasteiger partial charge is 0.275 e. The lowest BCUT2D eigenvalue weighted by molar-refractivity contribution is 0.0635. The molecule has 0 aromatic carbocycles. The van der Waals surface area contributed by atoms with Crippen molar-refractivity contribution >= 4 is 28.9 Å². The molecule has 7 nitrogen and oxygen atoms in total. The summed E-state index contributed by atoms with van der Waals surface area (Å²) in [4.78, 5) is 26.8. The maximum Gasteiger partial charge on any atom is 0.275 e. The van der Waals surface area contributed by atoms with Gasteiger partial charge in [-0.15, -0.1) is 0 Å². The van der Waals surface area contributed by atoms with Gasteiger partial charge in [-0.25, -0.2) is 4.52 Å². The number of pyridine rings is 1. The van der Waals surface area contributed by atoms with Crippen molar-refractivity contribution in [1.82, 2.24) is 24.4 Å². The Kier molecular flexibility index (Phi) is 3.96. The van der Waals surface area contributed by atoms with E-state index >= 15 is 0 Å². The molecule has 1 aliphatic rings. The van der Waals surface area contributed by atoms with Crippen LogP contribution in [0.15, 0.2) is 36.5 Å². The van der Waals surface area contributed by atoms with Gasteiger partial charge in [-0.2, -0.15) is 5.10 Å². The highest BCUT2D eigenvalue weighted by Gasteiger charge is 2.31. The van der Waals surface area contributed by atoms with E-state index in [4.69, 9.17) is 11.6 Å². The highest BCUT2D eigenvalue weighted by molar-refractivity contribution is 6.30. The molecule has 0 saturated heterocycles. The Balaban J connectivity index is 1.64. The van der Waals surface area contributed by atoms with Crippen molar-refractivity contribution in [3.8, 4) is 0 Å². The van der Waals surface area contributed by atoms with Gasteiger partial charge in [-0.05, 0) is 37.3 Å². The summed E-state index contributed by atoms with van der Waals surface area (Å²) in [6.45, 7) is 3.05. The van der Waals surface area contributed by atoms with E-state index in [1.54, 1.807) is 40.9 Å². The van der Waals surface area contributed by atoms with Crippen LogP contribution in [0, 0.1) is 0 Å². The maximum absolute atomic E-state index is 13.0. The minimum absolute atomic E-state index is 0.125. The van der Waals surface area contributed by atoms with Gasteiger partial charge in [0, 0.05) is 32.0 Å². The fourth-order valence-electron chi connectivity index (χ4n) is 3.48. The molecule has 0 spiro atoms. The summed E-state index contributed by atoms with van der Waals surface area (Å²) in [5, 5.41) is 7.56. The van der Waals surface area contributed by atoms with E-state index < -0.39 is 0 Å². The largest absolute Gasteiger partial charge is 0.354 e. The number of hydrogen-bond donors (Lipinski definition) is 1. The molecule has 4 rings (SSSR count). The van der Waals surface area contributed by atoms with Crippen LogP contribution in [0.4, 0.5) is 0 Å². The first kappa shape index (κ1) is 16.7. The molecule has 26 heavy (non-hydrogen) atoms. The van der Waals surface area contributed by atoms with Gasteiger partial charge >= 0.3 is 0 Å². The molecule has 0 aliphatic carbocycles. The normalized spacial score (nSPS) is 16.6. The summed E-state index contributed by atoms with van der Waals surface area (Å²) in [6, 6.07) is 8.90. The Morgan fingerprint density at radius 3 is 2.81 bits per heavy atom. The number of fused-ring (bicyclic) bond motifs is 2. The number of nitrogens with zero attached hydrogens (tertiary/aromatic N) is 4. The minimum Gasteiger partial charge on any atom is -0.354 e. The van der Waals surface area contributed by atoms with Crippen molar-refractivity contribution < 1.29 is 9.59 Å². The number of carbonyl (C=O) groups is 2. The average Bonchev–Trinajstić information content (AvgIpc) is 3.25. The van der Waals surface area contributed by atoms with Crippen LogP contribution in [0.3, 0.4) is 0 Å². The van der Waals surface area contributed by atoms with Crippen LogP contribution in [-0.4, -0.2) is 44.5 Å². The summed E-state index contributed by atoms with van der Waals surface area (Å²) >= 11 is 5.98. The van der Waals surface area contributed by atoms with E-state index in [2.05, 4.69) is 10.4 Å². The Bertz CT molecular complexity index is 1020. The van der Waals surface area contributed by atoms with Gasteiger partial charge in [0.15, 0.2) is 5.69 Å². The van der Waals surface area contributed by atoms with E-state index in [9.17, 15) is 9.59 Å². The first-order valence-corrected chi connectivity index (χ1v) is 8.75. The van der Waals surface area contributed by atoms with E-state index in [1.165, 1.54) is 0 Å². The van der Waals surface area contributed by atoms with Gasteiger partial charge < -0.3 is 14.8 Å². The second-order valence-electron chi connectivity index (χ2n) is 6.30. The van der Waals surface area contributed by atoms with Gasteiger partial charge in [-0.1, -0.05) is 11.6 Å². The molecule has 0 fully saturated rings. The number of amides is 2. The van der Waals surface area contributed by atoms with E-state index in [-0.39, 0.29) is 17.9 Å². The zero-order chi connectivity index (χ0) is 18.4. The lowest BCUT2D eigenvalue weighted by atomic mass is 10.1. The summed E-state index contributed by atoms with van der Waals surface area (Å²) in [5.41, 5.74) is 2.75. The highest BCUT2D eigenvalue weighted by atomic mass is 35.5. The maximum atomic E-state index is 13.0. The topological polar surface area (TPSA) is 71.6 Å². The Morgan fingerprint density at radius 2 is 2.04 bits per heavy atom. The molecule has 1 atom stereocenters. The van der Waals surface area contributed by atoms with Crippen LogP contribution in [0.2, 0.25) is 5.02 Å². The van der Waals surface area contributed by atoms with Crippen LogP contribution >= 0.6 is 11.6 Å². The van der Waals surface area contributed by atoms with E-state index in [0.29, 0.717) is 29.5 Å². The third kappa shape index (κ3) is 2.55. The molecule has 8 heteroatoms. The summed E-state index contributed by atoms with van der Waals surface area (Å²) in [5.74, 6) is -0.258. The first-order chi connectivity index (χ1) is 12.5. The number of rotatable bonds is 2. The first-order valence-electron chi connectivity index (χ1n) is 8.37.